The highest BCUT2D eigenvalue weighted by Crippen LogP contribution is 2.35. The molecule has 0 spiro atoms. The number of hydrogen-bond donors (Lipinski definition) is 1. The van der Waals surface area contributed by atoms with Gasteiger partial charge in [-0.05, 0) is 44.7 Å². The van der Waals surface area contributed by atoms with Crippen LogP contribution in [-0.2, 0) is 0 Å². The molecule has 1 aromatic heterocycles. The Morgan fingerprint density at radius 2 is 2.33 bits per heavy atom. The molecule has 1 aromatic rings. The Hall–Kier alpha value is -0.800. The Labute approximate surface area is 114 Å². The second-order valence-electron chi connectivity index (χ2n) is 4.80. The summed E-state index contributed by atoms with van der Waals surface area (Å²) in [4.78, 5) is 1.38. The predicted octanol–water partition coefficient (Wildman–Crippen LogP) is 4.30. The van der Waals surface area contributed by atoms with Gasteiger partial charge in [0.1, 0.15) is 5.75 Å². The van der Waals surface area contributed by atoms with E-state index in [1.54, 1.807) is 24.0 Å². The van der Waals surface area contributed by atoms with Gasteiger partial charge in [0.05, 0.1) is 13.2 Å². The van der Waals surface area contributed by atoms with Gasteiger partial charge in [-0.25, -0.2) is 0 Å². The Kier molecular flexibility index (Phi) is 5.26. The van der Waals surface area contributed by atoms with Crippen molar-refractivity contribution < 1.29 is 4.74 Å². The van der Waals surface area contributed by atoms with Crippen molar-refractivity contribution in [2.75, 3.05) is 13.7 Å². The molecule has 1 aliphatic rings. The van der Waals surface area contributed by atoms with E-state index >= 15 is 0 Å². The van der Waals surface area contributed by atoms with Gasteiger partial charge in [0.15, 0.2) is 0 Å². The van der Waals surface area contributed by atoms with Crippen molar-refractivity contribution in [3.63, 3.8) is 0 Å². The third-order valence-corrected chi connectivity index (χ3v) is 4.39. The lowest BCUT2D eigenvalue weighted by Crippen LogP contribution is -2.24. The first-order chi connectivity index (χ1) is 8.85. The molecular weight excluding hydrogens is 242 g/mol. The highest BCUT2D eigenvalue weighted by molar-refractivity contribution is 7.10. The van der Waals surface area contributed by atoms with Crippen molar-refractivity contribution in [1.29, 1.82) is 0 Å². The van der Waals surface area contributed by atoms with Crippen molar-refractivity contribution in [1.82, 2.24) is 5.32 Å². The van der Waals surface area contributed by atoms with Crippen molar-refractivity contribution in [3.05, 3.63) is 28.0 Å². The Bertz CT molecular complexity index is 397. The molecule has 2 nitrogen and oxygen atoms in total. The minimum Gasteiger partial charge on any atom is -0.496 e. The molecule has 0 saturated carbocycles. The number of allylic oxidation sites excluding steroid dienone is 1. The van der Waals surface area contributed by atoms with Gasteiger partial charge in [-0.15, -0.1) is 11.3 Å². The Morgan fingerprint density at radius 1 is 1.44 bits per heavy atom. The van der Waals surface area contributed by atoms with Crippen LogP contribution in [0.3, 0.4) is 0 Å². The van der Waals surface area contributed by atoms with Crippen LogP contribution in [0.1, 0.15) is 49.9 Å². The SMILES string of the molecule is CCCNC(C1=CCCCC1)c1cc(OC)cs1. The molecule has 2 rings (SSSR count). The number of rotatable bonds is 6. The molecule has 0 saturated heterocycles. The lowest BCUT2D eigenvalue weighted by Gasteiger charge is -2.23. The van der Waals surface area contributed by atoms with Gasteiger partial charge in [-0.1, -0.05) is 18.6 Å². The Morgan fingerprint density at radius 3 is 2.94 bits per heavy atom. The van der Waals surface area contributed by atoms with Crippen LogP contribution in [0.15, 0.2) is 23.1 Å². The third-order valence-electron chi connectivity index (χ3n) is 3.41. The second-order valence-corrected chi connectivity index (χ2v) is 5.74. The van der Waals surface area contributed by atoms with Crippen LogP contribution in [0.5, 0.6) is 5.75 Å². The van der Waals surface area contributed by atoms with E-state index in [9.17, 15) is 0 Å². The van der Waals surface area contributed by atoms with E-state index in [4.69, 9.17) is 4.74 Å². The first-order valence-electron chi connectivity index (χ1n) is 6.90. The van der Waals surface area contributed by atoms with Gasteiger partial charge in [-0.2, -0.15) is 0 Å². The van der Waals surface area contributed by atoms with Crippen LogP contribution < -0.4 is 10.1 Å². The van der Waals surface area contributed by atoms with Crippen molar-refractivity contribution in [3.8, 4) is 5.75 Å². The quantitative estimate of drug-likeness (QED) is 0.774. The summed E-state index contributed by atoms with van der Waals surface area (Å²) in [7, 11) is 1.74. The van der Waals surface area contributed by atoms with E-state index in [1.165, 1.54) is 37.0 Å². The summed E-state index contributed by atoms with van der Waals surface area (Å²) in [5, 5.41) is 5.78. The standard InChI is InChI=1S/C15H23NOS/c1-3-9-16-15(12-7-5-4-6-8-12)14-10-13(17-2)11-18-14/h7,10-11,15-16H,3-6,8-9H2,1-2H3. The zero-order valence-electron chi connectivity index (χ0n) is 11.4. The van der Waals surface area contributed by atoms with E-state index in [0.29, 0.717) is 6.04 Å². The molecule has 1 heterocycles. The van der Waals surface area contributed by atoms with E-state index in [0.717, 1.165) is 12.3 Å². The number of ether oxygens (including phenoxy) is 1. The minimum atomic E-state index is 0.402. The summed E-state index contributed by atoms with van der Waals surface area (Å²) < 4.78 is 5.30. The molecule has 1 aliphatic carbocycles. The molecule has 3 heteroatoms. The molecule has 0 fully saturated rings. The zero-order valence-corrected chi connectivity index (χ0v) is 12.2. The molecule has 0 radical (unpaired) electrons. The van der Waals surface area contributed by atoms with E-state index in [1.807, 2.05) is 0 Å². The fraction of sp³-hybridized carbons (Fsp3) is 0.600. The summed E-state index contributed by atoms with van der Waals surface area (Å²) in [6.07, 6.45) is 8.76. The summed E-state index contributed by atoms with van der Waals surface area (Å²) in [5.41, 5.74) is 1.57. The normalized spacial score (nSPS) is 17.3. The average molecular weight is 265 g/mol. The number of methoxy groups -OCH3 is 1. The van der Waals surface area contributed by atoms with Gasteiger partial charge in [-0.3, -0.25) is 0 Å². The maximum atomic E-state index is 5.30. The van der Waals surface area contributed by atoms with Gasteiger partial charge in [0.2, 0.25) is 0 Å². The van der Waals surface area contributed by atoms with Gasteiger partial charge in [0, 0.05) is 10.3 Å². The van der Waals surface area contributed by atoms with E-state index in [2.05, 4.69) is 29.8 Å². The van der Waals surface area contributed by atoms with Crippen molar-refractivity contribution in [2.24, 2.45) is 0 Å². The molecule has 18 heavy (non-hydrogen) atoms. The molecule has 100 valence electrons. The zero-order chi connectivity index (χ0) is 12.8. The number of hydrogen-bond acceptors (Lipinski definition) is 3. The maximum Gasteiger partial charge on any atom is 0.129 e. The van der Waals surface area contributed by atoms with Crippen LogP contribution >= 0.6 is 11.3 Å². The van der Waals surface area contributed by atoms with Gasteiger partial charge in [0.25, 0.3) is 0 Å². The van der Waals surface area contributed by atoms with Crippen LogP contribution in [-0.4, -0.2) is 13.7 Å². The highest BCUT2D eigenvalue weighted by Gasteiger charge is 2.19. The molecule has 0 bridgehead atoms. The number of nitrogens with one attached hydrogen (secondary N) is 1. The summed E-state index contributed by atoms with van der Waals surface area (Å²) in [5.74, 6) is 0.981. The first kappa shape index (κ1) is 13.6. The van der Waals surface area contributed by atoms with Crippen LogP contribution in [0, 0.1) is 0 Å². The van der Waals surface area contributed by atoms with E-state index < -0.39 is 0 Å². The summed E-state index contributed by atoms with van der Waals surface area (Å²) in [6, 6.07) is 2.58. The fourth-order valence-electron chi connectivity index (χ4n) is 2.42. The second kappa shape index (κ2) is 6.95. The summed E-state index contributed by atoms with van der Waals surface area (Å²) in [6.45, 7) is 3.29. The van der Waals surface area contributed by atoms with Crippen LogP contribution in [0.4, 0.5) is 0 Å². The molecule has 1 atom stereocenters. The molecule has 1 N–H and O–H groups in total. The molecular formula is C15H23NOS. The maximum absolute atomic E-state index is 5.30. The summed E-state index contributed by atoms with van der Waals surface area (Å²) >= 11 is 1.80. The smallest absolute Gasteiger partial charge is 0.129 e. The Balaban J connectivity index is 2.15. The molecule has 1 unspecified atom stereocenters. The van der Waals surface area contributed by atoms with Crippen molar-refractivity contribution in [2.45, 2.75) is 45.1 Å². The van der Waals surface area contributed by atoms with Crippen LogP contribution in [0.25, 0.3) is 0 Å². The molecule has 0 aromatic carbocycles. The molecule has 0 amide bonds. The monoisotopic (exact) mass is 265 g/mol. The predicted molar refractivity (Wildman–Crippen MR) is 78.5 cm³/mol. The lowest BCUT2D eigenvalue weighted by atomic mass is 9.93. The van der Waals surface area contributed by atoms with E-state index in [-0.39, 0.29) is 0 Å². The average Bonchev–Trinajstić information content (AvgIpc) is 2.89. The van der Waals surface area contributed by atoms with Crippen LogP contribution in [0.2, 0.25) is 0 Å². The highest BCUT2D eigenvalue weighted by atomic mass is 32.1. The van der Waals surface area contributed by atoms with Crippen molar-refractivity contribution >= 4 is 11.3 Å². The number of thiophene rings is 1. The lowest BCUT2D eigenvalue weighted by molar-refractivity contribution is 0.416. The first-order valence-corrected chi connectivity index (χ1v) is 7.78. The minimum absolute atomic E-state index is 0.402. The fourth-order valence-corrected chi connectivity index (χ4v) is 3.39. The third kappa shape index (κ3) is 3.36. The largest absolute Gasteiger partial charge is 0.496 e. The van der Waals surface area contributed by atoms with Gasteiger partial charge >= 0.3 is 0 Å². The topological polar surface area (TPSA) is 21.3 Å². The molecule has 0 aliphatic heterocycles. The van der Waals surface area contributed by atoms with Gasteiger partial charge < -0.3 is 10.1 Å².